The van der Waals surface area contributed by atoms with E-state index in [-0.39, 0.29) is 0 Å². The molecule has 0 saturated heterocycles. The Morgan fingerprint density at radius 1 is 1.00 bits per heavy atom. The van der Waals surface area contributed by atoms with Gasteiger partial charge in [-0.25, -0.2) is 0 Å². The van der Waals surface area contributed by atoms with Crippen LogP contribution in [0.4, 0.5) is 0 Å². The molecule has 1 N–H and O–H groups in total. The molecule has 2 unspecified atom stereocenters. The van der Waals surface area contributed by atoms with E-state index in [1.807, 2.05) is 0 Å². The maximum Gasteiger partial charge on any atom is 0.00979 e. The summed E-state index contributed by atoms with van der Waals surface area (Å²) < 4.78 is 0. The molecular formula is C17H31N. The topological polar surface area (TPSA) is 12.0 Å². The van der Waals surface area contributed by atoms with E-state index in [0.29, 0.717) is 11.5 Å². The molecule has 104 valence electrons. The summed E-state index contributed by atoms with van der Waals surface area (Å²) in [7, 11) is 0. The van der Waals surface area contributed by atoms with Gasteiger partial charge in [-0.1, -0.05) is 13.3 Å². The van der Waals surface area contributed by atoms with E-state index in [9.17, 15) is 0 Å². The van der Waals surface area contributed by atoms with Crippen LogP contribution in [0.2, 0.25) is 0 Å². The standard InChI is InChI=1S/C17H31N/c1-4-5-12(2)18-13(3)17-9-14-6-15(10-17)8-16(7-14)11-17/h12-16,18H,4-11H2,1-3H3. The summed E-state index contributed by atoms with van der Waals surface area (Å²) in [5.74, 6) is 3.26. The second-order valence-electron chi connectivity index (χ2n) is 7.86. The minimum absolute atomic E-state index is 0.677. The van der Waals surface area contributed by atoms with Crippen LogP contribution in [-0.2, 0) is 0 Å². The molecule has 4 bridgehead atoms. The first kappa shape index (κ1) is 13.0. The minimum atomic E-state index is 0.677. The molecule has 4 aliphatic carbocycles. The third kappa shape index (κ3) is 2.24. The summed E-state index contributed by atoms with van der Waals surface area (Å²) >= 11 is 0. The Morgan fingerprint density at radius 2 is 1.50 bits per heavy atom. The van der Waals surface area contributed by atoms with Crippen molar-refractivity contribution in [2.45, 2.75) is 84.2 Å². The molecule has 0 heterocycles. The third-order valence-electron chi connectivity index (χ3n) is 6.26. The van der Waals surface area contributed by atoms with Gasteiger partial charge in [-0.3, -0.25) is 0 Å². The van der Waals surface area contributed by atoms with E-state index in [2.05, 4.69) is 26.1 Å². The molecule has 0 amide bonds. The molecule has 2 atom stereocenters. The molecule has 0 radical (unpaired) electrons. The summed E-state index contributed by atoms with van der Waals surface area (Å²) in [5, 5.41) is 3.94. The van der Waals surface area contributed by atoms with Crippen molar-refractivity contribution in [1.29, 1.82) is 0 Å². The van der Waals surface area contributed by atoms with Crippen molar-refractivity contribution in [2.24, 2.45) is 23.2 Å². The van der Waals surface area contributed by atoms with Crippen molar-refractivity contribution in [3.05, 3.63) is 0 Å². The molecule has 0 aromatic rings. The second kappa shape index (κ2) is 4.81. The lowest BCUT2D eigenvalue weighted by molar-refractivity contribution is -0.0719. The Hall–Kier alpha value is -0.0400. The van der Waals surface area contributed by atoms with Gasteiger partial charge in [0.05, 0.1) is 0 Å². The van der Waals surface area contributed by atoms with Crippen LogP contribution in [0, 0.1) is 23.2 Å². The van der Waals surface area contributed by atoms with Crippen molar-refractivity contribution in [2.75, 3.05) is 0 Å². The molecule has 0 spiro atoms. The average molecular weight is 249 g/mol. The summed E-state index contributed by atoms with van der Waals surface area (Å²) in [6.07, 6.45) is 11.9. The molecule has 4 fully saturated rings. The highest BCUT2D eigenvalue weighted by molar-refractivity contribution is 5.05. The Kier molecular flexibility index (Phi) is 3.47. The zero-order chi connectivity index (χ0) is 12.8. The monoisotopic (exact) mass is 249 g/mol. The number of hydrogen-bond acceptors (Lipinski definition) is 1. The van der Waals surface area contributed by atoms with Crippen molar-refractivity contribution >= 4 is 0 Å². The fourth-order valence-electron chi connectivity index (χ4n) is 5.83. The lowest BCUT2D eigenvalue weighted by Gasteiger charge is -2.59. The molecular weight excluding hydrogens is 218 g/mol. The van der Waals surface area contributed by atoms with E-state index >= 15 is 0 Å². The quantitative estimate of drug-likeness (QED) is 0.763. The molecule has 18 heavy (non-hydrogen) atoms. The lowest BCUT2D eigenvalue weighted by Crippen LogP contribution is -2.56. The van der Waals surface area contributed by atoms with Crippen molar-refractivity contribution in [3.63, 3.8) is 0 Å². The van der Waals surface area contributed by atoms with E-state index in [0.717, 1.165) is 23.8 Å². The van der Waals surface area contributed by atoms with Crippen LogP contribution in [0.5, 0.6) is 0 Å². The summed E-state index contributed by atoms with van der Waals surface area (Å²) in [6.45, 7) is 7.16. The van der Waals surface area contributed by atoms with E-state index in [4.69, 9.17) is 0 Å². The average Bonchev–Trinajstić information content (AvgIpc) is 2.27. The van der Waals surface area contributed by atoms with Gasteiger partial charge < -0.3 is 5.32 Å². The molecule has 4 rings (SSSR count). The molecule has 1 nitrogen and oxygen atoms in total. The van der Waals surface area contributed by atoms with Gasteiger partial charge in [0.25, 0.3) is 0 Å². The van der Waals surface area contributed by atoms with Crippen LogP contribution in [0.1, 0.15) is 72.1 Å². The smallest absolute Gasteiger partial charge is 0.00979 e. The SMILES string of the molecule is CCCC(C)NC(C)C12CC3CC(CC(C3)C1)C2. The Labute approximate surface area is 113 Å². The van der Waals surface area contributed by atoms with E-state index in [1.54, 1.807) is 19.3 Å². The van der Waals surface area contributed by atoms with Gasteiger partial charge in [0, 0.05) is 12.1 Å². The van der Waals surface area contributed by atoms with Gasteiger partial charge in [0.15, 0.2) is 0 Å². The fraction of sp³-hybridized carbons (Fsp3) is 1.00. The maximum atomic E-state index is 3.94. The Balaban J connectivity index is 1.67. The van der Waals surface area contributed by atoms with Crippen LogP contribution in [0.25, 0.3) is 0 Å². The minimum Gasteiger partial charge on any atom is -0.311 e. The van der Waals surface area contributed by atoms with Crippen molar-refractivity contribution < 1.29 is 0 Å². The maximum absolute atomic E-state index is 3.94. The largest absolute Gasteiger partial charge is 0.311 e. The lowest BCUT2D eigenvalue weighted by atomic mass is 9.48. The predicted octanol–water partition coefficient (Wildman–Crippen LogP) is 4.37. The molecule has 0 aliphatic heterocycles. The third-order valence-corrected chi connectivity index (χ3v) is 6.26. The number of rotatable bonds is 5. The van der Waals surface area contributed by atoms with Crippen LogP contribution >= 0.6 is 0 Å². The first-order chi connectivity index (χ1) is 8.61. The molecule has 1 heteroatoms. The zero-order valence-corrected chi connectivity index (χ0v) is 12.5. The first-order valence-corrected chi connectivity index (χ1v) is 8.37. The predicted molar refractivity (Wildman–Crippen MR) is 77.6 cm³/mol. The fourth-order valence-corrected chi connectivity index (χ4v) is 5.83. The highest BCUT2D eigenvalue weighted by atomic mass is 15.0. The number of hydrogen-bond donors (Lipinski definition) is 1. The van der Waals surface area contributed by atoms with Gasteiger partial charge in [-0.05, 0) is 82.0 Å². The van der Waals surface area contributed by atoms with Gasteiger partial charge in [-0.15, -0.1) is 0 Å². The van der Waals surface area contributed by atoms with E-state index in [1.165, 1.54) is 32.1 Å². The highest BCUT2D eigenvalue weighted by Crippen LogP contribution is 2.61. The molecule has 0 aromatic carbocycles. The molecule has 0 aromatic heterocycles. The first-order valence-electron chi connectivity index (χ1n) is 8.37. The summed E-state index contributed by atoms with van der Waals surface area (Å²) in [4.78, 5) is 0. The number of nitrogens with one attached hydrogen (secondary N) is 1. The van der Waals surface area contributed by atoms with Gasteiger partial charge in [0.2, 0.25) is 0 Å². The van der Waals surface area contributed by atoms with Crippen molar-refractivity contribution in [1.82, 2.24) is 5.32 Å². The second-order valence-corrected chi connectivity index (χ2v) is 7.86. The normalized spacial score (nSPS) is 45.2. The Bertz CT molecular complexity index is 261. The zero-order valence-electron chi connectivity index (χ0n) is 12.5. The van der Waals surface area contributed by atoms with Crippen LogP contribution in [-0.4, -0.2) is 12.1 Å². The Morgan fingerprint density at radius 3 is 1.94 bits per heavy atom. The van der Waals surface area contributed by atoms with Gasteiger partial charge in [-0.2, -0.15) is 0 Å². The summed E-state index contributed by atoms with van der Waals surface area (Å²) in [6, 6.07) is 1.45. The summed E-state index contributed by atoms with van der Waals surface area (Å²) in [5.41, 5.74) is 0.677. The molecule has 4 saturated carbocycles. The van der Waals surface area contributed by atoms with Crippen molar-refractivity contribution in [3.8, 4) is 0 Å². The van der Waals surface area contributed by atoms with Gasteiger partial charge >= 0.3 is 0 Å². The molecule has 4 aliphatic rings. The highest BCUT2D eigenvalue weighted by Gasteiger charge is 2.53. The van der Waals surface area contributed by atoms with Crippen LogP contribution in [0.3, 0.4) is 0 Å². The van der Waals surface area contributed by atoms with Gasteiger partial charge in [0.1, 0.15) is 0 Å². The van der Waals surface area contributed by atoms with E-state index < -0.39 is 0 Å². The van der Waals surface area contributed by atoms with Crippen LogP contribution in [0.15, 0.2) is 0 Å². The van der Waals surface area contributed by atoms with Crippen LogP contribution < -0.4 is 5.32 Å².